The number of allylic oxidation sites excluding steroid dienone is 2. The Bertz CT molecular complexity index is 743. The fourth-order valence-electron chi connectivity index (χ4n) is 3.00. The summed E-state index contributed by atoms with van der Waals surface area (Å²) in [6.45, 7) is 6.16. The van der Waals surface area contributed by atoms with Gasteiger partial charge in [0.15, 0.2) is 0 Å². The first-order valence-electron chi connectivity index (χ1n) is 8.58. The first kappa shape index (κ1) is 20.9. The zero-order valence-electron chi connectivity index (χ0n) is 15.2. The van der Waals surface area contributed by atoms with Crippen LogP contribution < -0.4 is 4.74 Å². The Morgan fingerprint density at radius 2 is 1.07 bits per heavy atom. The number of aliphatic hydroxyl groups excluding tert-OH is 4. The van der Waals surface area contributed by atoms with Gasteiger partial charge in [0.05, 0.1) is 26.4 Å². The number of aliphatic hydroxyl groups is 4. The van der Waals surface area contributed by atoms with E-state index in [1.807, 2.05) is 0 Å². The molecule has 2 aromatic rings. The second-order valence-corrected chi connectivity index (χ2v) is 5.92. The van der Waals surface area contributed by atoms with Crippen LogP contribution in [-0.4, -0.2) is 20.4 Å². The van der Waals surface area contributed by atoms with Crippen molar-refractivity contribution < 1.29 is 25.2 Å². The van der Waals surface area contributed by atoms with Gasteiger partial charge in [0, 0.05) is 23.3 Å². The summed E-state index contributed by atoms with van der Waals surface area (Å²) in [5.41, 5.74) is 3.54. The van der Waals surface area contributed by atoms with E-state index in [2.05, 4.69) is 25.3 Å². The zero-order valence-corrected chi connectivity index (χ0v) is 15.2. The minimum absolute atomic E-state index is 0.237. The highest BCUT2D eigenvalue weighted by molar-refractivity contribution is 5.50. The van der Waals surface area contributed by atoms with Gasteiger partial charge in [0.1, 0.15) is 11.5 Å². The summed E-state index contributed by atoms with van der Waals surface area (Å²) in [6, 6.07) is 9.30. The average molecular weight is 368 g/mol. The van der Waals surface area contributed by atoms with Gasteiger partial charge in [-0.3, -0.25) is 0 Å². The zero-order chi connectivity index (χ0) is 19.8. The third-order valence-electron chi connectivity index (χ3n) is 4.37. The molecule has 0 heterocycles. The molecule has 0 aliphatic carbocycles. The SMILES string of the molecule is C=CCc1c[c]c(Oc2[c]cc(CC=C)c(CO)c2CO)c(CO)c1CO. The van der Waals surface area contributed by atoms with Gasteiger partial charge in [0.2, 0.25) is 0 Å². The second kappa shape index (κ2) is 10.0. The summed E-state index contributed by atoms with van der Waals surface area (Å²) < 4.78 is 5.87. The molecule has 5 heteroatoms. The Labute approximate surface area is 159 Å². The molecule has 0 saturated carbocycles. The van der Waals surface area contributed by atoms with Crippen molar-refractivity contribution in [1.29, 1.82) is 0 Å². The van der Waals surface area contributed by atoms with Gasteiger partial charge in [0.25, 0.3) is 0 Å². The third kappa shape index (κ3) is 4.46. The molecule has 27 heavy (non-hydrogen) atoms. The van der Waals surface area contributed by atoms with E-state index in [1.54, 1.807) is 24.3 Å². The fourth-order valence-corrected chi connectivity index (χ4v) is 3.00. The van der Waals surface area contributed by atoms with E-state index < -0.39 is 0 Å². The van der Waals surface area contributed by atoms with Crippen LogP contribution in [-0.2, 0) is 39.3 Å². The summed E-state index contributed by atoms with van der Waals surface area (Å²) >= 11 is 0. The molecule has 5 nitrogen and oxygen atoms in total. The molecule has 0 aliphatic rings. The number of benzene rings is 2. The molecule has 2 radical (unpaired) electrons. The van der Waals surface area contributed by atoms with E-state index in [0.29, 0.717) is 35.1 Å². The Hall–Kier alpha value is -2.44. The molecular weight excluding hydrogens is 344 g/mol. The number of ether oxygens (including phenoxy) is 1. The highest BCUT2D eigenvalue weighted by Crippen LogP contribution is 2.34. The Morgan fingerprint density at radius 3 is 1.37 bits per heavy atom. The van der Waals surface area contributed by atoms with Crippen molar-refractivity contribution in [2.45, 2.75) is 39.3 Å². The summed E-state index contributed by atoms with van der Waals surface area (Å²) in [7, 11) is 0. The van der Waals surface area contributed by atoms with Crippen molar-refractivity contribution in [3.05, 3.63) is 83.0 Å². The maximum absolute atomic E-state index is 9.79. The number of hydrogen-bond donors (Lipinski definition) is 4. The van der Waals surface area contributed by atoms with Crippen molar-refractivity contribution in [2.24, 2.45) is 0 Å². The summed E-state index contributed by atoms with van der Waals surface area (Å²) in [5, 5.41) is 39.0. The van der Waals surface area contributed by atoms with Gasteiger partial charge in [-0.05, 0) is 47.2 Å². The first-order valence-corrected chi connectivity index (χ1v) is 8.58. The maximum Gasteiger partial charge on any atom is 0.141 e. The molecule has 0 fully saturated rings. The minimum Gasteiger partial charge on any atom is -0.455 e. The van der Waals surface area contributed by atoms with Crippen LogP contribution in [0.4, 0.5) is 0 Å². The van der Waals surface area contributed by atoms with Crippen molar-refractivity contribution >= 4 is 0 Å². The second-order valence-electron chi connectivity index (χ2n) is 5.92. The molecule has 2 aromatic carbocycles. The minimum atomic E-state index is -0.345. The average Bonchev–Trinajstić information content (AvgIpc) is 2.69. The molecule has 0 amide bonds. The van der Waals surface area contributed by atoms with Crippen molar-refractivity contribution in [1.82, 2.24) is 0 Å². The lowest BCUT2D eigenvalue weighted by atomic mass is 9.97. The predicted molar refractivity (Wildman–Crippen MR) is 102 cm³/mol. The van der Waals surface area contributed by atoms with E-state index in [9.17, 15) is 20.4 Å². The van der Waals surface area contributed by atoms with Crippen LogP contribution in [0.15, 0.2) is 37.4 Å². The molecule has 0 unspecified atom stereocenters. The molecule has 0 bridgehead atoms. The van der Waals surface area contributed by atoms with Crippen molar-refractivity contribution in [3.8, 4) is 11.5 Å². The molecule has 142 valence electrons. The molecule has 0 spiro atoms. The quantitative estimate of drug-likeness (QED) is 0.484. The smallest absolute Gasteiger partial charge is 0.141 e. The van der Waals surface area contributed by atoms with Gasteiger partial charge < -0.3 is 25.2 Å². The predicted octanol–water partition coefficient (Wildman–Crippen LogP) is 2.51. The topological polar surface area (TPSA) is 90.2 Å². The van der Waals surface area contributed by atoms with E-state index in [1.165, 1.54) is 0 Å². The van der Waals surface area contributed by atoms with Gasteiger partial charge >= 0.3 is 0 Å². The lowest BCUT2D eigenvalue weighted by Crippen LogP contribution is -2.06. The van der Waals surface area contributed by atoms with E-state index >= 15 is 0 Å². The molecule has 4 N–H and O–H groups in total. The highest BCUT2D eigenvalue weighted by atomic mass is 16.5. The van der Waals surface area contributed by atoms with Crippen molar-refractivity contribution in [2.75, 3.05) is 0 Å². The van der Waals surface area contributed by atoms with Gasteiger partial charge in [-0.1, -0.05) is 12.2 Å². The highest BCUT2D eigenvalue weighted by Gasteiger charge is 2.18. The standard InChI is InChI=1S/C22H24O5/c1-3-5-15-7-9-21(19(13-25)17(15)11-23)27-22-10-8-16(6-4-2)18(12-24)20(22)14-26/h3-4,7-8,23-26H,1-2,5-6,11-14H2. The molecule has 0 aliphatic heterocycles. The molecule has 2 rings (SSSR count). The largest absolute Gasteiger partial charge is 0.455 e. The molecular formula is C22H24O5. The normalized spacial score (nSPS) is 10.7. The molecule has 0 aromatic heterocycles. The molecule has 0 saturated heterocycles. The monoisotopic (exact) mass is 368 g/mol. The van der Waals surface area contributed by atoms with Crippen LogP contribution >= 0.6 is 0 Å². The summed E-state index contributed by atoms with van der Waals surface area (Å²) in [6.07, 6.45) is 4.46. The summed E-state index contributed by atoms with van der Waals surface area (Å²) in [5.74, 6) is 0.473. The number of rotatable bonds is 10. The first-order chi connectivity index (χ1) is 13.1. The van der Waals surface area contributed by atoms with Gasteiger partial charge in [-0.25, -0.2) is 0 Å². The Balaban J connectivity index is 2.53. The fraction of sp³-hybridized carbons (Fsp3) is 0.273. The Kier molecular flexibility index (Phi) is 7.76. The van der Waals surface area contributed by atoms with E-state index in [-0.39, 0.29) is 37.9 Å². The van der Waals surface area contributed by atoms with Crippen LogP contribution in [0.5, 0.6) is 11.5 Å². The van der Waals surface area contributed by atoms with Gasteiger partial charge in [-0.15, -0.1) is 13.2 Å². The molecule has 0 atom stereocenters. The van der Waals surface area contributed by atoms with Crippen molar-refractivity contribution in [3.63, 3.8) is 0 Å². The third-order valence-corrected chi connectivity index (χ3v) is 4.37. The van der Waals surface area contributed by atoms with Crippen LogP contribution in [0.2, 0.25) is 0 Å². The van der Waals surface area contributed by atoms with Crippen LogP contribution in [0.25, 0.3) is 0 Å². The van der Waals surface area contributed by atoms with Crippen LogP contribution in [0.3, 0.4) is 0 Å². The summed E-state index contributed by atoms with van der Waals surface area (Å²) in [4.78, 5) is 0. The van der Waals surface area contributed by atoms with Gasteiger partial charge in [-0.2, -0.15) is 0 Å². The van der Waals surface area contributed by atoms with Crippen LogP contribution in [0, 0.1) is 12.1 Å². The Morgan fingerprint density at radius 1 is 0.704 bits per heavy atom. The van der Waals surface area contributed by atoms with E-state index in [0.717, 1.165) is 11.1 Å². The van der Waals surface area contributed by atoms with Crippen LogP contribution in [0.1, 0.15) is 33.4 Å². The lowest BCUT2D eigenvalue weighted by molar-refractivity contribution is 0.250. The maximum atomic E-state index is 9.79. The van der Waals surface area contributed by atoms with E-state index in [4.69, 9.17) is 4.74 Å². The number of hydrogen-bond acceptors (Lipinski definition) is 5. The lowest BCUT2D eigenvalue weighted by Gasteiger charge is -2.19.